The Balaban J connectivity index is 2.85. The van der Waals surface area contributed by atoms with Crippen LogP contribution in [0.15, 0.2) is 6.20 Å². The van der Waals surface area contributed by atoms with Gasteiger partial charge in [0, 0.05) is 12.3 Å². The highest BCUT2D eigenvalue weighted by Gasteiger charge is 2.17. The minimum absolute atomic E-state index is 0.00202. The number of hydrogen-bond donors (Lipinski definition) is 0. The summed E-state index contributed by atoms with van der Waals surface area (Å²) in [5, 5.41) is 0. The van der Waals surface area contributed by atoms with Gasteiger partial charge in [-0.15, -0.1) is 0 Å². The van der Waals surface area contributed by atoms with Crippen molar-refractivity contribution in [2.75, 3.05) is 18.6 Å². The number of imidazole rings is 1. The van der Waals surface area contributed by atoms with Gasteiger partial charge < -0.3 is 9.30 Å². The molecule has 0 fully saturated rings. The third kappa shape index (κ3) is 3.56. The molecule has 7 heteroatoms. The maximum Gasteiger partial charge on any atom is 0.356 e. The summed E-state index contributed by atoms with van der Waals surface area (Å²) in [7, 11) is -1.79. The molecular weight excluding hydrogens is 256 g/mol. The monoisotopic (exact) mass is 274 g/mol. The van der Waals surface area contributed by atoms with E-state index in [1.807, 2.05) is 6.92 Å². The van der Waals surface area contributed by atoms with Gasteiger partial charge in [-0.1, -0.05) is 6.92 Å². The Labute approximate surface area is 107 Å². The Morgan fingerprint density at radius 3 is 2.67 bits per heavy atom. The SMILES string of the molecule is CCCS(=O)(=O)CCn1c(C(=O)OC)cnc1C. The van der Waals surface area contributed by atoms with E-state index in [1.165, 1.54) is 13.3 Å². The number of esters is 1. The van der Waals surface area contributed by atoms with Crippen LogP contribution in [0.4, 0.5) is 0 Å². The predicted octanol–water partition coefficient (Wildman–Crippen LogP) is 0.803. The smallest absolute Gasteiger partial charge is 0.356 e. The Bertz CT molecular complexity index is 519. The van der Waals surface area contributed by atoms with E-state index in [0.29, 0.717) is 12.2 Å². The fourth-order valence-electron chi connectivity index (χ4n) is 1.66. The fourth-order valence-corrected chi connectivity index (χ4v) is 2.95. The summed E-state index contributed by atoms with van der Waals surface area (Å²) in [6.07, 6.45) is 1.99. The number of rotatable bonds is 6. The first kappa shape index (κ1) is 14.7. The predicted molar refractivity (Wildman–Crippen MR) is 67.2 cm³/mol. The van der Waals surface area contributed by atoms with Gasteiger partial charge in [0.05, 0.1) is 19.1 Å². The van der Waals surface area contributed by atoms with Gasteiger partial charge in [0.25, 0.3) is 0 Å². The molecule has 1 heterocycles. The summed E-state index contributed by atoms with van der Waals surface area (Å²) in [5.41, 5.74) is 0.279. The van der Waals surface area contributed by atoms with Crippen LogP contribution in [0.1, 0.15) is 29.7 Å². The molecule has 0 N–H and O–H groups in total. The van der Waals surface area contributed by atoms with Crippen molar-refractivity contribution >= 4 is 15.8 Å². The standard InChI is InChI=1S/C11H18N2O4S/c1-4-6-18(15,16)7-5-13-9(2)12-8-10(13)11(14)17-3/h8H,4-7H2,1-3H3. The van der Waals surface area contributed by atoms with Crippen LogP contribution in [-0.4, -0.2) is 42.6 Å². The summed E-state index contributed by atoms with van der Waals surface area (Å²) in [5.74, 6) is 0.252. The number of aryl methyl sites for hydroxylation is 1. The van der Waals surface area contributed by atoms with Gasteiger partial charge in [0.1, 0.15) is 11.5 Å². The molecule has 102 valence electrons. The van der Waals surface area contributed by atoms with Gasteiger partial charge in [0.15, 0.2) is 9.84 Å². The lowest BCUT2D eigenvalue weighted by Gasteiger charge is -2.09. The summed E-state index contributed by atoms with van der Waals surface area (Å²) in [4.78, 5) is 15.5. The van der Waals surface area contributed by atoms with Crippen LogP contribution >= 0.6 is 0 Å². The zero-order valence-electron chi connectivity index (χ0n) is 10.8. The number of methoxy groups -OCH3 is 1. The second kappa shape index (κ2) is 5.99. The summed E-state index contributed by atoms with van der Waals surface area (Å²) in [6, 6.07) is 0. The van der Waals surface area contributed by atoms with E-state index in [4.69, 9.17) is 0 Å². The summed E-state index contributed by atoms with van der Waals surface area (Å²) >= 11 is 0. The van der Waals surface area contributed by atoms with Crippen LogP contribution in [0.3, 0.4) is 0 Å². The molecule has 1 aromatic rings. The first-order valence-electron chi connectivity index (χ1n) is 5.72. The molecule has 0 radical (unpaired) electrons. The van der Waals surface area contributed by atoms with Gasteiger partial charge in [-0.05, 0) is 13.3 Å². The molecule has 18 heavy (non-hydrogen) atoms. The van der Waals surface area contributed by atoms with E-state index in [2.05, 4.69) is 9.72 Å². The van der Waals surface area contributed by atoms with Gasteiger partial charge in [-0.25, -0.2) is 18.2 Å². The molecule has 0 bridgehead atoms. The maximum absolute atomic E-state index is 11.6. The van der Waals surface area contributed by atoms with Gasteiger partial charge >= 0.3 is 5.97 Å². The molecule has 0 aromatic carbocycles. The molecule has 0 saturated heterocycles. The van der Waals surface area contributed by atoms with Gasteiger partial charge in [-0.2, -0.15) is 0 Å². The summed E-state index contributed by atoms with van der Waals surface area (Å²) in [6.45, 7) is 3.76. The van der Waals surface area contributed by atoms with E-state index < -0.39 is 15.8 Å². The molecule has 0 unspecified atom stereocenters. The number of carbonyl (C=O) groups excluding carboxylic acids is 1. The van der Waals surface area contributed by atoms with E-state index in [-0.39, 0.29) is 23.7 Å². The lowest BCUT2D eigenvalue weighted by atomic mass is 10.4. The Morgan fingerprint density at radius 2 is 2.11 bits per heavy atom. The molecule has 1 aromatic heterocycles. The van der Waals surface area contributed by atoms with Crippen molar-refractivity contribution in [3.8, 4) is 0 Å². The number of nitrogens with zero attached hydrogens (tertiary/aromatic N) is 2. The number of ether oxygens (including phenoxy) is 1. The van der Waals surface area contributed by atoms with Crippen molar-refractivity contribution in [3.63, 3.8) is 0 Å². The van der Waals surface area contributed by atoms with Crippen molar-refractivity contribution in [3.05, 3.63) is 17.7 Å². The minimum Gasteiger partial charge on any atom is -0.464 e. The fraction of sp³-hybridized carbons (Fsp3) is 0.636. The highest BCUT2D eigenvalue weighted by molar-refractivity contribution is 7.91. The van der Waals surface area contributed by atoms with E-state index >= 15 is 0 Å². The summed E-state index contributed by atoms with van der Waals surface area (Å²) < 4.78 is 29.5. The van der Waals surface area contributed by atoms with Crippen molar-refractivity contribution in [2.45, 2.75) is 26.8 Å². The number of carbonyl (C=O) groups is 1. The quantitative estimate of drug-likeness (QED) is 0.717. The second-order valence-electron chi connectivity index (χ2n) is 3.99. The average Bonchev–Trinajstić information content (AvgIpc) is 2.67. The Hall–Kier alpha value is -1.37. The molecule has 0 spiro atoms. The Morgan fingerprint density at radius 1 is 1.44 bits per heavy atom. The first-order chi connectivity index (χ1) is 8.41. The average molecular weight is 274 g/mol. The van der Waals surface area contributed by atoms with Gasteiger partial charge in [-0.3, -0.25) is 0 Å². The minimum atomic E-state index is -3.07. The highest BCUT2D eigenvalue weighted by atomic mass is 32.2. The van der Waals surface area contributed by atoms with Crippen LogP contribution in [0.5, 0.6) is 0 Å². The molecular formula is C11H18N2O4S. The molecule has 6 nitrogen and oxygen atoms in total. The van der Waals surface area contributed by atoms with E-state index in [1.54, 1.807) is 11.5 Å². The molecule has 1 rings (SSSR count). The van der Waals surface area contributed by atoms with Crippen LogP contribution in [-0.2, 0) is 21.1 Å². The third-order valence-electron chi connectivity index (χ3n) is 2.59. The zero-order valence-corrected chi connectivity index (χ0v) is 11.7. The van der Waals surface area contributed by atoms with Gasteiger partial charge in [0.2, 0.25) is 0 Å². The number of hydrogen-bond acceptors (Lipinski definition) is 5. The molecule has 0 aliphatic carbocycles. The van der Waals surface area contributed by atoms with Crippen molar-refractivity contribution < 1.29 is 17.9 Å². The molecule has 0 aliphatic heterocycles. The van der Waals surface area contributed by atoms with Crippen LogP contribution in [0.25, 0.3) is 0 Å². The largest absolute Gasteiger partial charge is 0.464 e. The first-order valence-corrected chi connectivity index (χ1v) is 7.54. The van der Waals surface area contributed by atoms with E-state index in [9.17, 15) is 13.2 Å². The second-order valence-corrected chi connectivity index (χ2v) is 6.29. The van der Waals surface area contributed by atoms with Crippen LogP contribution in [0.2, 0.25) is 0 Å². The lowest BCUT2D eigenvalue weighted by molar-refractivity contribution is 0.0588. The topological polar surface area (TPSA) is 78.3 Å². The Kier molecular flexibility index (Phi) is 4.89. The normalized spacial score (nSPS) is 11.5. The molecule has 0 atom stereocenters. The molecule has 0 amide bonds. The zero-order chi connectivity index (χ0) is 13.8. The van der Waals surface area contributed by atoms with Crippen LogP contribution < -0.4 is 0 Å². The van der Waals surface area contributed by atoms with Crippen molar-refractivity contribution in [1.82, 2.24) is 9.55 Å². The van der Waals surface area contributed by atoms with Crippen molar-refractivity contribution in [2.24, 2.45) is 0 Å². The lowest BCUT2D eigenvalue weighted by Crippen LogP contribution is -2.19. The highest BCUT2D eigenvalue weighted by Crippen LogP contribution is 2.07. The van der Waals surface area contributed by atoms with Crippen LogP contribution in [0, 0.1) is 6.92 Å². The molecule has 0 saturated carbocycles. The number of sulfone groups is 1. The molecule has 0 aliphatic rings. The van der Waals surface area contributed by atoms with E-state index in [0.717, 1.165) is 0 Å². The third-order valence-corrected chi connectivity index (χ3v) is 4.43. The van der Waals surface area contributed by atoms with Crippen molar-refractivity contribution in [1.29, 1.82) is 0 Å². The maximum atomic E-state index is 11.6. The number of aromatic nitrogens is 2.